The number of nitrogens with zero attached hydrogens (tertiary/aromatic N) is 1. The van der Waals surface area contributed by atoms with Crippen molar-refractivity contribution >= 4 is 46.7 Å². The summed E-state index contributed by atoms with van der Waals surface area (Å²) in [4.78, 5) is 0. The van der Waals surface area contributed by atoms with Gasteiger partial charge in [0.25, 0.3) is 0 Å². The SMILES string of the molecule is CCOc1cc(C=NNC(N)=S)ccc1OCc1c(Cl)cccc1Cl. The maximum absolute atomic E-state index is 6.16. The highest BCUT2D eigenvalue weighted by molar-refractivity contribution is 7.80. The molecular weight excluding hydrogens is 381 g/mol. The fraction of sp³-hybridized carbons (Fsp3) is 0.176. The molecule has 3 N–H and O–H groups in total. The summed E-state index contributed by atoms with van der Waals surface area (Å²) in [6.45, 7) is 2.62. The van der Waals surface area contributed by atoms with Crippen molar-refractivity contribution in [2.45, 2.75) is 13.5 Å². The van der Waals surface area contributed by atoms with Crippen LogP contribution in [0, 0.1) is 0 Å². The van der Waals surface area contributed by atoms with Crippen LogP contribution in [0.4, 0.5) is 0 Å². The number of ether oxygens (including phenoxy) is 2. The topological polar surface area (TPSA) is 68.9 Å². The average Bonchev–Trinajstić information content (AvgIpc) is 2.56. The van der Waals surface area contributed by atoms with Gasteiger partial charge >= 0.3 is 0 Å². The first-order valence-corrected chi connectivity index (χ1v) is 8.58. The standard InChI is InChI=1S/C17H17Cl2N3O2S/c1-2-23-16-8-11(9-21-22-17(20)25)6-7-15(16)24-10-12-13(18)4-3-5-14(12)19/h3-9H,2,10H2,1H3,(H3,20,22,25). The van der Waals surface area contributed by atoms with Crippen molar-refractivity contribution in [2.75, 3.05) is 6.61 Å². The number of benzene rings is 2. The molecule has 132 valence electrons. The van der Waals surface area contributed by atoms with E-state index in [4.69, 9.17) is 38.4 Å². The molecule has 8 heteroatoms. The molecule has 5 nitrogen and oxygen atoms in total. The summed E-state index contributed by atoms with van der Waals surface area (Å²) in [6, 6.07) is 10.7. The van der Waals surface area contributed by atoms with E-state index < -0.39 is 0 Å². The second-order valence-electron chi connectivity index (χ2n) is 4.86. The minimum atomic E-state index is 0.0952. The van der Waals surface area contributed by atoms with Crippen molar-refractivity contribution in [3.8, 4) is 11.5 Å². The molecule has 0 aliphatic heterocycles. The van der Waals surface area contributed by atoms with Gasteiger partial charge in [-0.1, -0.05) is 29.3 Å². The molecule has 0 spiro atoms. The van der Waals surface area contributed by atoms with Crippen LogP contribution in [0.25, 0.3) is 0 Å². The van der Waals surface area contributed by atoms with Crippen LogP contribution >= 0.6 is 35.4 Å². The normalized spacial score (nSPS) is 10.7. The minimum Gasteiger partial charge on any atom is -0.490 e. The van der Waals surface area contributed by atoms with Crippen molar-refractivity contribution < 1.29 is 9.47 Å². The predicted octanol–water partition coefficient (Wildman–Crippen LogP) is 4.14. The number of nitrogens with two attached hydrogens (primary N) is 1. The maximum Gasteiger partial charge on any atom is 0.184 e. The zero-order valence-electron chi connectivity index (χ0n) is 13.5. The van der Waals surface area contributed by atoms with Gasteiger partial charge in [0.05, 0.1) is 12.8 Å². The molecule has 0 fully saturated rings. The molecule has 0 bridgehead atoms. The molecular formula is C17H17Cl2N3O2S. The molecule has 0 saturated heterocycles. The Morgan fingerprint density at radius 2 is 1.92 bits per heavy atom. The minimum absolute atomic E-state index is 0.0952. The highest BCUT2D eigenvalue weighted by atomic mass is 35.5. The van der Waals surface area contributed by atoms with E-state index in [0.29, 0.717) is 28.2 Å². The number of halogens is 2. The number of rotatable bonds is 7. The lowest BCUT2D eigenvalue weighted by atomic mass is 10.2. The third-order valence-corrected chi connectivity index (χ3v) is 3.89. The van der Waals surface area contributed by atoms with Gasteiger partial charge < -0.3 is 15.2 Å². The Bertz CT molecular complexity index is 764. The average molecular weight is 398 g/mol. The van der Waals surface area contributed by atoms with Gasteiger partial charge in [-0.25, -0.2) is 0 Å². The van der Waals surface area contributed by atoms with Crippen LogP contribution in [0.1, 0.15) is 18.1 Å². The van der Waals surface area contributed by atoms with Crippen molar-refractivity contribution in [3.63, 3.8) is 0 Å². The molecule has 2 rings (SSSR count). The molecule has 0 aliphatic rings. The lowest BCUT2D eigenvalue weighted by Crippen LogP contribution is -2.23. The van der Waals surface area contributed by atoms with Gasteiger partial charge in [-0.05, 0) is 55.0 Å². The van der Waals surface area contributed by atoms with Crippen LogP contribution < -0.4 is 20.6 Å². The quantitative estimate of drug-likeness (QED) is 0.417. The van der Waals surface area contributed by atoms with Crippen LogP contribution in [-0.2, 0) is 6.61 Å². The number of nitrogens with one attached hydrogen (secondary N) is 1. The molecule has 25 heavy (non-hydrogen) atoms. The van der Waals surface area contributed by atoms with Crippen LogP contribution in [0.5, 0.6) is 11.5 Å². The van der Waals surface area contributed by atoms with E-state index in [1.807, 2.05) is 13.0 Å². The number of thiocarbonyl (C=S) groups is 1. The fourth-order valence-corrected chi connectivity index (χ4v) is 2.54. The van der Waals surface area contributed by atoms with E-state index >= 15 is 0 Å². The molecule has 0 saturated carbocycles. The van der Waals surface area contributed by atoms with Crippen molar-refractivity contribution in [2.24, 2.45) is 10.8 Å². The summed E-state index contributed by atoms with van der Waals surface area (Å²) in [7, 11) is 0. The van der Waals surface area contributed by atoms with E-state index in [1.165, 1.54) is 0 Å². The predicted molar refractivity (Wildman–Crippen MR) is 106 cm³/mol. The lowest BCUT2D eigenvalue weighted by molar-refractivity contribution is 0.269. The summed E-state index contributed by atoms with van der Waals surface area (Å²) in [5, 5.41) is 5.12. The van der Waals surface area contributed by atoms with E-state index in [2.05, 4.69) is 22.7 Å². The second-order valence-corrected chi connectivity index (χ2v) is 6.12. The zero-order valence-corrected chi connectivity index (χ0v) is 15.8. The van der Waals surface area contributed by atoms with Gasteiger partial charge in [-0.3, -0.25) is 5.43 Å². The van der Waals surface area contributed by atoms with E-state index in [0.717, 1.165) is 11.1 Å². The molecule has 0 heterocycles. The van der Waals surface area contributed by atoms with Crippen molar-refractivity contribution in [3.05, 3.63) is 57.6 Å². The molecule has 0 radical (unpaired) electrons. The molecule has 0 amide bonds. The molecule has 0 unspecified atom stereocenters. The molecule has 2 aromatic rings. The third kappa shape index (κ3) is 5.77. The smallest absolute Gasteiger partial charge is 0.184 e. The van der Waals surface area contributed by atoms with Gasteiger partial charge in [-0.2, -0.15) is 5.10 Å². The van der Waals surface area contributed by atoms with Crippen LogP contribution in [0.15, 0.2) is 41.5 Å². The summed E-state index contributed by atoms with van der Waals surface area (Å²) in [6.07, 6.45) is 1.58. The Hall–Kier alpha value is -2.02. The van der Waals surface area contributed by atoms with Gasteiger partial charge in [0, 0.05) is 15.6 Å². The maximum atomic E-state index is 6.16. The molecule has 0 aliphatic carbocycles. The summed E-state index contributed by atoms with van der Waals surface area (Å²) in [5.41, 5.74) is 9.34. The summed E-state index contributed by atoms with van der Waals surface area (Å²) >= 11 is 17.0. The molecule has 2 aromatic carbocycles. The Morgan fingerprint density at radius 3 is 2.56 bits per heavy atom. The first-order valence-electron chi connectivity index (χ1n) is 7.42. The van der Waals surface area contributed by atoms with E-state index in [9.17, 15) is 0 Å². The number of hydrogen-bond acceptors (Lipinski definition) is 4. The molecule has 0 aromatic heterocycles. The van der Waals surface area contributed by atoms with Gasteiger partial charge in [0.15, 0.2) is 16.6 Å². The highest BCUT2D eigenvalue weighted by Crippen LogP contribution is 2.31. The summed E-state index contributed by atoms with van der Waals surface area (Å²) in [5.74, 6) is 1.17. The zero-order chi connectivity index (χ0) is 18.2. The fourth-order valence-electron chi connectivity index (χ4n) is 1.98. The van der Waals surface area contributed by atoms with Gasteiger partial charge in [0.2, 0.25) is 0 Å². The monoisotopic (exact) mass is 397 g/mol. The number of hydrazone groups is 1. The Balaban J connectivity index is 2.16. The Morgan fingerprint density at radius 1 is 1.20 bits per heavy atom. The first-order chi connectivity index (χ1) is 12.0. The Labute approximate surface area is 161 Å². The molecule has 0 atom stereocenters. The van der Waals surface area contributed by atoms with Crippen LogP contribution in [0.3, 0.4) is 0 Å². The van der Waals surface area contributed by atoms with E-state index in [1.54, 1.807) is 36.5 Å². The van der Waals surface area contributed by atoms with E-state index in [-0.39, 0.29) is 11.7 Å². The van der Waals surface area contributed by atoms with Crippen LogP contribution in [-0.4, -0.2) is 17.9 Å². The van der Waals surface area contributed by atoms with Crippen molar-refractivity contribution in [1.82, 2.24) is 5.43 Å². The first kappa shape index (κ1) is 19.3. The third-order valence-electron chi connectivity index (χ3n) is 3.09. The van der Waals surface area contributed by atoms with Gasteiger partial charge in [0.1, 0.15) is 6.61 Å². The highest BCUT2D eigenvalue weighted by Gasteiger charge is 2.10. The Kier molecular flexibility index (Phi) is 7.31. The second kappa shape index (κ2) is 9.46. The summed E-state index contributed by atoms with van der Waals surface area (Å²) < 4.78 is 11.5. The van der Waals surface area contributed by atoms with Crippen LogP contribution in [0.2, 0.25) is 10.0 Å². The van der Waals surface area contributed by atoms with Gasteiger partial charge in [-0.15, -0.1) is 0 Å². The number of hydrogen-bond donors (Lipinski definition) is 2. The lowest BCUT2D eigenvalue weighted by Gasteiger charge is -2.14. The van der Waals surface area contributed by atoms with Crippen molar-refractivity contribution in [1.29, 1.82) is 0 Å². The largest absolute Gasteiger partial charge is 0.490 e.